The van der Waals surface area contributed by atoms with Crippen LogP contribution in [0.15, 0.2) is 30.3 Å². The highest BCUT2D eigenvalue weighted by molar-refractivity contribution is 5.96. The molecule has 0 bridgehead atoms. The lowest BCUT2D eigenvalue weighted by atomic mass is 9.98. The second-order valence-corrected chi connectivity index (χ2v) is 8.80. The number of primary amides is 2. The van der Waals surface area contributed by atoms with Crippen molar-refractivity contribution in [2.45, 2.75) is 70.1 Å². The fourth-order valence-corrected chi connectivity index (χ4v) is 3.34. The molecule has 1 rings (SSSR count). The molecule has 5 atom stereocenters. The molecule has 0 aliphatic carbocycles. The van der Waals surface area contributed by atoms with Crippen LogP contribution in [0, 0.1) is 5.92 Å². The van der Waals surface area contributed by atoms with Gasteiger partial charge in [-0.1, -0.05) is 50.6 Å². The minimum absolute atomic E-state index is 0.0355. The van der Waals surface area contributed by atoms with E-state index < -0.39 is 66.1 Å². The highest BCUT2D eigenvalue weighted by Gasteiger charge is 2.32. The fourth-order valence-electron chi connectivity index (χ4n) is 3.34. The summed E-state index contributed by atoms with van der Waals surface area (Å²) in [6.45, 7) is 3.57. The van der Waals surface area contributed by atoms with E-state index in [0.717, 1.165) is 0 Å². The van der Waals surface area contributed by atoms with Crippen molar-refractivity contribution in [3.63, 3.8) is 0 Å². The van der Waals surface area contributed by atoms with Gasteiger partial charge >= 0.3 is 5.97 Å². The molecule has 5 amide bonds. The smallest absolute Gasteiger partial charge is 0.326 e. The minimum Gasteiger partial charge on any atom is -0.480 e. The molecular weight excluding hydrogens is 484 g/mol. The van der Waals surface area contributed by atoms with Gasteiger partial charge < -0.3 is 38.3 Å². The molecule has 0 radical (unpaired) electrons. The molecule has 0 heterocycles. The third kappa shape index (κ3) is 11.1. The summed E-state index contributed by atoms with van der Waals surface area (Å²) in [7, 11) is 0. The Morgan fingerprint density at radius 1 is 0.838 bits per heavy atom. The normalized spacial score (nSPS) is 14.8. The first-order chi connectivity index (χ1) is 17.3. The van der Waals surface area contributed by atoms with Crippen LogP contribution in [0.5, 0.6) is 0 Å². The number of rotatable bonds is 16. The zero-order chi connectivity index (χ0) is 28.1. The van der Waals surface area contributed by atoms with Gasteiger partial charge in [0.2, 0.25) is 29.5 Å². The lowest BCUT2D eigenvalue weighted by molar-refractivity contribution is -0.142. The number of aliphatic carboxylic acids is 1. The number of benzene rings is 1. The summed E-state index contributed by atoms with van der Waals surface area (Å²) < 4.78 is 0. The molecule has 0 fully saturated rings. The van der Waals surface area contributed by atoms with E-state index in [9.17, 15) is 33.9 Å². The van der Waals surface area contributed by atoms with Crippen LogP contribution in [-0.4, -0.2) is 64.8 Å². The van der Waals surface area contributed by atoms with Gasteiger partial charge in [-0.3, -0.25) is 24.0 Å². The third-order valence-corrected chi connectivity index (χ3v) is 5.81. The van der Waals surface area contributed by atoms with Crippen molar-refractivity contribution in [3.8, 4) is 0 Å². The quantitative estimate of drug-likeness (QED) is 0.132. The SMILES string of the molecule is CCC(C)C(N)C(=O)NC(CC(N)=O)C(=O)NC(CCC(N)=O)C(=O)NC(Cc1ccccc1)C(=O)O. The van der Waals surface area contributed by atoms with Gasteiger partial charge in [-0.05, 0) is 17.9 Å². The number of hydrogen-bond acceptors (Lipinski definition) is 7. The zero-order valence-electron chi connectivity index (χ0n) is 20.9. The number of hydrogen-bond donors (Lipinski definition) is 7. The lowest BCUT2D eigenvalue weighted by Crippen LogP contribution is -2.58. The van der Waals surface area contributed by atoms with E-state index in [4.69, 9.17) is 17.2 Å². The summed E-state index contributed by atoms with van der Waals surface area (Å²) in [6, 6.07) is 3.42. The van der Waals surface area contributed by atoms with Gasteiger partial charge in [-0.25, -0.2) is 4.79 Å². The Labute approximate surface area is 214 Å². The standard InChI is InChI=1S/C24H36N6O7/c1-3-13(2)20(27)23(35)29-16(12-19(26)32)22(34)28-15(9-10-18(25)31)21(33)30-17(24(36)37)11-14-7-5-4-6-8-14/h4-8,13,15-17,20H,3,9-12,27H2,1-2H3,(H2,25,31)(H2,26,32)(H,28,34)(H,29,35)(H,30,33)(H,36,37). The maximum atomic E-state index is 13.0. The number of carbonyl (C=O) groups is 6. The minimum atomic E-state index is -1.46. The molecule has 5 unspecified atom stereocenters. The van der Waals surface area contributed by atoms with Gasteiger partial charge in [0.05, 0.1) is 12.5 Å². The molecule has 0 saturated carbocycles. The van der Waals surface area contributed by atoms with E-state index in [1.807, 2.05) is 6.92 Å². The van der Waals surface area contributed by atoms with Crippen molar-refractivity contribution < 1.29 is 33.9 Å². The maximum Gasteiger partial charge on any atom is 0.326 e. The first-order valence-electron chi connectivity index (χ1n) is 11.9. The highest BCUT2D eigenvalue weighted by Crippen LogP contribution is 2.08. The Morgan fingerprint density at radius 2 is 1.38 bits per heavy atom. The highest BCUT2D eigenvalue weighted by atomic mass is 16.4. The molecule has 0 aliphatic rings. The van der Waals surface area contributed by atoms with Crippen molar-refractivity contribution in [3.05, 3.63) is 35.9 Å². The van der Waals surface area contributed by atoms with Crippen LogP contribution in [-0.2, 0) is 35.2 Å². The first kappa shape index (κ1) is 31.0. The molecule has 1 aromatic rings. The van der Waals surface area contributed by atoms with E-state index in [1.54, 1.807) is 37.3 Å². The van der Waals surface area contributed by atoms with Crippen LogP contribution in [0.1, 0.15) is 45.1 Å². The van der Waals surface area contributed by atoms with Gasteiger partial charge in [-0.15, -0.1) is 0 Å². The van der Waals surface area contributed by atoms with Crippen LogP contribution >= 0.6 is 0 Å². The average Bonchev–Trinajstić information content (AvgIpc) is 2.84. The van der Waals surface area contributed by atoms with Crippen LogP contribution in [0.3, 0.4) is 0 Å². The van der Waals surface area contributed by atoms with E-state index in [0.29, 0.717) is 12.0 Å². The Kier molecular flexibility index (Phi) is 12.7. The first-order valence-corrected chi connectivity index (χ1v) is 11.9. The van der Waals surface area contributed by atoms with Gasteiger partial charge in [-0.2, -0.15) is 0 Å². The molecule has 37 heavy (non-hydrogen) atoms. The Bertz CT molecular complexity index is 972. The molecule has 0 aromatic heterocycles. The van der Waals surface area contributed by atoms with Crippen molar-refractivity contribution in [1.29, 1.82) is 0 Å². The Balaban J connectivity index is 3.06. The zero-order valence-corrected chi connectivity index (χ0v) is 20.9. The van der Waals surface area contributed by atoms with Crippen LogP contribution in [0.4, 0.5) is 0 Å². The molecule has 1 aromatic carbocycles. The maximum absolute atomic E-state index is 13.0. The Morgan fingerprint density at radius 3 is 1.89 bits per heavy atom. The number of carbonyl (C=O) groups excluding carboxylic acids is 5. The summed E-state index contributed by atoms with van der Waals surface area (Å²) in [5, 5.41) is 16.7. The summed E-state index contributed by atoms with van der Waals surface area (Å²) in [4.78, 5) is 73.0. The molecular formula is C24H36N6O7. The van der Waals surface area contributed by atoms with Crippen LogP contribution in [0.2, 0.25) is 0 Å². The molecule has 0 saturated heterocycles. The molecule has 204 valence electrons. The molecule has 13 nitrogen and oxygen atoms in total. The van der Waals surface area contributed by atoms with Gasteiger partial charge in [0.25, 0.3) is 0 Å². The predicted octanol–water partition coefficient (Wildman–Crippen LogP) is -1.72. The van der Waals surface area contributed by atoms with Crippen molar-refractivity contribution in [2.24, 2.45) is 23.1 Å². The number of carboxylic acid groups (broad SMARTS) is 1. The molecule has 0 aliphatic heterocycles. The van der Waals surface area contributed by atoms with Crippen molar-refractivity contribution in [1.82, 2.24) is 16.0 Å². The van der Waals surface area contributed by atoms with E-state index in [1.165, 1.54) is 0 Å². The largest absolute Gasteiger partial charge is 0.480 e. The van der Waals surface area contributed by atoms with Gasteiger partial charge in [0.15, 0.2) is 0 Å². The predicted molar refractivity (Wildman–Crippen MR) is 133 cm³/mol. The van der Waals surface area contributed by atoms with Crippen LogP contribution in [0.25, 0.3) is 0 Å². The molecule has 10 N–H and O–H groups in total. The third-order valence-electron chi connectivity index (χ3n) is 5.81. The van der Waals surface area contributed by atoms with Crippen LogP contribution < -0.4 is 33.2 Å². The number of carboxylic acids is 1. The molecule has 0 spiro atoms. The fraction of sp³-hybridized carbons (Fsp3) is 0.500. The van der Waals surface area contributed by atoms with E-state index in [2.05, 4.69) is 16.0 Å². The molecule has 13 heteroatoms. The van der Waals surface area contributed by atoms with Gasteiger partial charge in [0.1, 0.15) is 18.1 Å². The summed E-state index contributed by atoms with van der Waals surface area (Å²) in [6.07, 6.45) is -0.591. The summed E-state index contributed by atoms with van der Waals surface area (Å²) >= 11 is 0. The number of amides is 5. The van der Waals surface area contributed by atoms with Crippen molar-refractivity contribution >= 4 is 35.5 Å². The van der Waals surface area contributed by atoms with E-state index in [-0.39, 0.29) is 25.2 Å². The lowest BCUT2D eigenvalue weighted by Gasteiger charge is -2.25. The van der Waals surface area contributed by atoms with Gasteiger partial charge in [0, 0.05) is 12.8 Å². The summed E-state index contributed by atoms with van der Waals surface area (Å²) in [5.74, 6) is -5.71. The number of nitrogens with one attached hydrogen (secondary N) is 3. The van der Waals surface area contributed by atoms with Crippen molar-refractivity contribution in [2.75, 3.05) is 0 Å². The second-order valence-electron chi connectivity index (χ2n) is 8.80. The average molecular weight is 521 g/mol. The summed E-state index contributed by atoms with van der Waals surface area (Å²) in [5.41, 5.74) is 16.9. The monoisotopic (exact) mass is 520 g/mol. The number of nitrogens with two attached hydrogens (primary N) is 3. The topological polar surface area (TPSA) is 237 Å². The Hall–Kier alpha value is -4.00. The second kappa shape index (κ2) is 15.2. The van der Waals surface area contributed by atoms with E-state index >= 15 is 0 Å².